The number of fused-ring (bicyclic) bond motifs is 2. The normalized spacial score (nSPS) is 12.2. The van der Waals surface area contributed by atoms with E-state index in [0.717, 1.165) is 16.7 Å². The number of hydrogen-bond acceptors (Lipinski definition) is 6. The van der Waals surface area contributed by atoms with E-state index in [2.05, 4.69) is 9.97 Å². The maximum atomic E-state index is 13.2. The summed E-state index contributed by atoms with van der Waals surface area (Å²) in [6, 6.07) is 2.11. The zero-order chi connectivity index (χ0) is 20.8. The van der Waals surface area contributed by atoms with Gasteiger partial charge in [-0.15, -0.1) is 0 Å². The molecule has 0 spiro atoms. The molecule has 4 rings (SSSR count). The molecule has 0 radical (unpaired) electrons. The van der Waals surface area contributed by atoms with Gasteiger partial charge in [0.05, 0.1) is 17.9 Å². The second-order valence-corrected chi connectivity index (χ2v) is 6.57. The van der Waals surface area contributed by atoms with E-state index in [4.69, 9.17) is 8.37 Å². The number of hydrogen-bond donors (Lipinski definition) is 0. The minimum absolute atomic E-state index is 0.0182. The van der Waals surface area contributed by atoms with Gasteiger partial charge in [0.2, 0.25) is 23.8 Å². The highest BCUT2D eigenvalue weighted by atomic mass is 32.2. The smallest absolute Gasteiger partial charge is 0.377 e. The lowest BCUT2D eigenvalue weighted by molar-refractivity contribution is -0.137. The summed E-state index contributed by atoms with van der Waals surface area (Å²) < 4.78 is 53.9. The van der Waals surface area contributed by atoms with Gasteiger partial charge in [-0.1, -0.05) is 0 Å². The van der Waals surface area contributed by atoms with Crippen LogP contribution in [0.4, 0.5) is 13.2 Å². The Labute approximate surface area is 165 Å². The van der Waals surface area contributed by atoms with Crippen LogP contribution in [-0.2, 0) is 10.4 Å². The Morgan fingerprint density at radius 1 is 1.17 bits per heavy atom. The van der Waals surface area contributed by atoms with E-state index in [1.54, 1.807) is 30.6 Å². The van der Waals surface area contributed by atoms with E-state index < -0.39 is 17.3 Å². The number of alkyl halides is 3. The second kappa shape index (κ2) is 7.12. The minimum atomic E-state index is -4.55. The molecule has 0 unspecified atom stereocenters. The van der Waals surface area contributed by atoms with Gasteiger partial charge in [-0.2, -0.15) is 13.2 Å². The van der Waals surface area contributed by atoms with Gasteiger partial charge in [-0.3, -0.25) is 17.9 Å². The van der Waals surface area contributed by atoms with E-state index in [-0.39, 0.29) is 23.0 Å². The number of rotatable bonds is 5. The standard InChI is InChI=1S/C17H14F3N5O3S/c1-3-27-29-28-16-14(22-12-5-4-11(9-25(12)16)17(18,19)20)24-7-6-23-8-10(2)21-13(23)15(24)26/h4-9H,3H2,1-2H3. The second-order valence-electron chi connectivity index (χ2n) is 6.03. The van der Waals surface area contributed by atoms with Crippen molar-refractivity contribution < 1.29 is 21.5 Å². The van der Waals surface area contributed by atoms with E-state index in [1.807, 2.05) is 0 Å². The summed E-state index contributed by atoms with van der Waals surface area (Å²) >= 11 is 0.583. The van der Waals surface area contributed by atoms with Crippen molar-refractivity contribution in [1.82, 2.24) is 23.3 Å². The van der Waals surface area contributed by atoms with Crippen LogP contribution in [0, 0.1) is 6.92 Å². The molecule has 152 valence electrons. The highest BCUT2D eigenvalue weighted by Gasteiger charge is 2.32. The van der Waals surface area contributed by atoms with Crippen molar-refractivity contribution in [1.29, 1.82) is 0 Å². The lowest BCUT2D eigenvalue weighted by Gasteiger charge is -2.09. The Bertz CT molecular complexity index is 1260. The molecular formula is C17H14F3N5O3S. The first-order valence-electron chi connectivity index (χ1n) is 8.42. The molecule has 0 bridgehead atoms. The average Bonchev–Trinajstić information content (AvgIpc) is 3.22. The van der Waals surface area contributed by atoms with Crippen molar-refractivity contribution in [2.45, 2.75) is 20.0 Å². The zero-order valence-electron chi connectivity index (χ0n) is 15.2. The number of nitrogens with zero attached hydrogens (tertiary/aromatic N) is 5. The Hall–Kier alpha value is -2.99. The summed E-state index contributed by atoms with van der Waals surface area (Å²) in [7, 11) is 0. The van der Waals surface area contributed by atoms with Crippen molar-refractivity contribution >= 4 is 23.6 Å². The van der Waals surface area contributed by atoms with Crippen molar-refractivity contribution in [3.63, 3.8) is 0 Å². The summed E-state index contributed by atoms with van der Waals surface area (Å²) in [4.78, 5) is 21.4. The molecule has 29 heavy (non-hydrogen) atoms. The first-order chi connectivity index (χ1) is 13.8. The van der Waals surface area contributed by atoms with Crippen molar-refractivity contribution in [3.05, 3.63) is 58.5 Å². The molecule has 8 nitrogen and oxygen atoms in total. The molecule has 0 atom stereocenters. The Morgan fingerprint density at radius 3 is 2.69 bits per heavy atom. The fourth-order valence-electron chi connectivity index (χ4n) is 2.79. The van der Waals surface area contributed by atoms with Crippen molar-refractivity contribution in [3.8, 4) is 11.7 Å². The van der Waals surface area contributed by atoms with E-state index in [1.165, 1.54) is 16.8 Å². The van der Waals surface area contributed by atoms with Crippen LogP contribution in [0.1, 0.15) is 18.2 Å². The Balaban J connectivity index is 1.94. The fraction of sp³-hybridized carbons (Fsp3) is 0.235. The minimum Gasteiger partial charge on any atom is -0.377 e. The molecule has 4 aromatic heterocycles. The predicted octanol–water partition coefficient (Wildman–Crippen LogP) is 3.44. The SMILES string of the molecule is CCOSOc1c(-n2ccn3cc(C)nc3c2=O)nc2ccc(C(F)(F)F)cn12. The van der Waals surface area contributed by atoms with Crippen LogP contribution in [-0.4, -0.2) is 29.9 Å². The van der Waals surface area contributed by atoms with Crippen LogP contribution in [0.2, 0.25) is 0 Å². The first-order valence-corrected chi connectivity index (χ1v) is 9.09. The Morgan fingerprint density at radius 2 is 1.97 bits per heavy atom. The van der Waals surface area contributed by atoms with Crippen LogP contribution < -0.4 is 9.74 Å². The summed E-state index contributed by atoms with van der Waals surface area (Å²) in [5, 5.41) is 0. The molecule has 0 amide bonds. The highest BCUT2D eigenvalue weighted by molar-refractivity contribution is 7.90. The van der Waals surface area contributed by atoms with Crippen LogP contribution in [0.25, 0.3) is 17.1 Å². The van der Waals surface area contributed by atoms with Crippen LogP contribution >= 0.6 is 12.3 Å². The molecule has 0 aliphatic carbocycles. The van der Waals surface area contributed by atoms with Crippen molar-refractivity contribution in [2.75, 3.05) is 6.61 Å². The topological polar surface area (TPSA) is 75.1 Å². The van der Waals surface area contributed by atoms with E-state index in [0.29, 0.717) is 24.6 Å². The van der Waals surface area contributed by atoms with E-state index in [9.17, 15) is 18.0 Å². The molecule has 0 N–H and O–H groups in total. The molecule has 0 saturated heterocycles. The number of halogens is 3. The summed E-state index contributed by atoms with van der Waals surface area (Å²) in [6.45, 7) is 3.78. The molecule has 0 aromatic carbocycles. The first kappa shape index (κ1) is 19.3. The summed E-state index contributed by atoms with van der Waals surface area (Å²) in [6.07, 6.45) is 1.04. The quantitative estimate of drug-likeness (QED) is 0.360. The number of aromatic nitrogens is 5. The third kappa shape index (κ3) is 3.44. The molecular weight excluding hydrogens is 411 g/mol. The number of pyridine rings is 1. The van der Waals surface area contributed by atoms with Crippen molar-refractivity contribution in [2.24, 2.45) is 0 Å². The van der Waals surface area contributed by atoms with Crippen LogP contribution in [0.5, 0.6) is 5.88 Å². The Kier molecular flexibility index (Phi) is 4.74. The van der Waals surface area contributed by atoms with Crippen LogP contribution in [0.15, 0.2) is 41.7 Å². The third-order valence-corrected chi connectivity index (χ3v) is 4.59. The predicted molar refractivity (Wildman–Crippen MR) is 99.1 cm³/mol. The van der Waals surface area contributed by atoms with Gasteiger partial charge in [-0.25, -0.2) is 9.97 Å². The highest BCUT2D eigenvalue weighted by Crippen LogP contribution is 2.33. The molecule has 0 aliphatic heterocycles. The monoisotopic (exact) mass is 425 g/mol. The summed E-state index contributed by atoms with van der Waals surface area (Å²) in [5.41, 5.74) is -0.404. The van der Waals surface area contributed by atoms with Gasteiger partial charge in [0, 0.05) is 24.8 Å². The molecule has 4 aromatic rings. The van der Waals surface area contributed by atoms with Crippen LogP contribution in [0.3, 0.4) is 0 Å². The van der Waals surface area contributed by atoms with Gasteiger partial charge in [0.1, 0.15) is 5.65 Å². The van der Waals surface area contributed by atoms with Gasteiger partial charge in [0.15, 0.2) is 0 Å². The molecule has 12 heteroatoms. The lowest BCUT2D eigenvalue weighted by Crippen LogP contribution is -2.20. The number of aryl methyl sites for hydroxylation is 1. The summed E-state index contributed by atoms with van der Waals surface area (Å²) in [5.74, 6) is -0.0658. The lowest BCUT2D eigenvalue weighted by atomic mass is 10.3. The molecule has 0 aliphatic rings. The maximum absolute atomic E-state index is 13.2. The van der Waals surface area contributed by atoms with Gasteiger partial charge in [0.25, 0.3) is 11.4 Å². The van der Waals surface area contributed by atoms with Gasteiger partial charge in [-0.05, 0) is 26.0 Å². The molecule has 0 saturated carbocycles. The fourth-order valence-corrected chi connectivity index (χ4v) is 3.15. The third-order valence-electron chi connectivity index (χ3n) is 4.03. The largest absolute Gasteiger partial charge is 0.417 e. The zero-order valence-corrected chi connectivity index (χ0v) is 16.0. The van der Waals surface area contributed by atoms with Gasteiger partial charge < -0.3 is 8.58 Å². The molecule has 0 fully saturated rings. The molecule has 4 heterocycles. The average molecular weight is 425 g/mol. The number of imidazole rings is 2. The van der Waals surface area contributed by atoms with Gasteiger partial charge >= 0.3 is 6.18 Å². The maximum Gasteiger partial charge on any atom is 0.417 e. The van der Waals surface area contributed by atoms with E-state index >= 15 is 0 Å².